The second-order valence-electron chi connectivity index (χ2n) is 5.14. The second-order valence-corrected chi connectivity index (χ2v) is 5.14. The molecule has 23 heavy (non-hydrogen) atoms. The third kappa shape index (κ3) is 4.10. The number of anilines is 1. The summed E-state index contributed by atoms with van der Waals surface area (Å²) in [6.45, 7) is 6.13. The number of carbonyl (C=O) groups excluding carboxylic acids is 1. The number of carbonyl (C=O) groups is 1. The molecule has 6 nitrogen and oxygen atoms in total. The van der Waals surface area contributed by atoms with Gasteiger partial charge in [0.15, 0.2) is 0 Å². The van der Waals surface area contributed by atoms with Gasteiger partial charge in [-0.1, -0.05) is 0 Å². The van der Waals surface area contributed by atoms with Crippen LogP contribution in [0.3, 0.4) is 0 Å². The summed E-state index contributed by atoms with van der Waals surface area (Å²) >= 11 is 0. The van der Waals surface area contributed by atoms with Gasteiger partial charge in [-0.2, -0.15) is 0 Å². The van der Waals surface area contributed by atoms with Crippen LogP contribution in [0.5, 0.6) is 0 Å². The second kappa shape index (κ2) is 7.78. The van der Waals surface area contributed by atoms with Crippen LogP contribution in [0.25, 0.3) is 11.0 Å². The number of nitrogens with two attached hydrogens (primary N) is 1. The number of nitrogens with zero attached hydrogens (tertiary/aromatic N) is 1. The normalized spacial score (nSPS) is 10.7. The van der Waals surface area contributed by atoms with Crippen molar-refractivity contribution >= 4 is 22.6 Å². The summed E-state index contributed by atoms with van der Waals surface area (Å²) in [5, 5.41) is 0.765. The standard InChI is InChI=1S/C17H22N2O4/c1-3-19(4-2)13-5-6-14-12(11-22-16(20)7-8-18)9-17(21)23-15(14)10-13/h5-6,9-10H,3-4,7-8,11,18H2,1-2H3. The minimum atomic E-state index is -0.459. The van der Waals surface area contributed by atoms with Crippen molar-refractivity contribution in [2.24, 2.45) is 5.73 Å². The Morgan fingerprint density at radius 2 is 2.00 bits per heavy atom. The van der Waals surface area contributed by atoms with Crippen molar-refractivity contribution in [1.29, 1.82) is 0 Å². The van der Waals surface area contributed by atoms with Crippen LogP contribution in [0, 0.1) is 0 Å². The van der Waals surface area contributed by atoms with Gasteiger partial charge in [-0.25, -0.2) is 4.79 Å². The van der Waals surface area contributed by atoms with Crippen molar-refractivity contribution in [1.82, 2.24) is 0 Å². The molecule has 2 rings (SSSR count). The minimum absolute atomic E-state index is 0.0333. The number of rotatable bonds is 7. The van der Waals surface area contributed by atoms with Crippen LogP contribution in [0.15, 0.2) is 33.5 Å². The maximum atomic E-state index is 11.8. The van der Waals surface area contributed by atoms with Crippen LogP contribution in [0.4, 0.5) is 5.69 Å². The molecule has 0 unspecified atom stereocenters. The summed E-state index contributed by atoms with van der Waals surface area (Å²) in [7, 11) is 0. The van der Waals surface area contributed by atoms with Gasteiger partial charge in [-0.3, -0.25) is 4.79 Å². The third-order valence-corrected chi connectivity index (χ3v) is 3.68. The summed E-state index contributed by atoms with van der Waals surface area (Å²) < 4.78 is 10.4. The van der Waals surface area contributed by atoms with Crippen LogP contribution < -0.4 is 16.3 Å². The van der Waals surface area contributed by atoms with Gasteiger partial charge in [0.1, 0.15) is 12.2 Å². The summed E-state index contributed by atoms with van der Waals surface area (Å²) in [6, 6.07) is 7.06. The molecular formula is C17H22N2O4. The van der Waals surface area contributed by atoms with Gasteiger partial charge in [0, 0.05) is 48.4 Å². The van der Waals surface area contributed by atoms with Gasteiger partial charge in [-0.15, -0.1) is 0 Å². The van der Waals surface area contributed by atoms with Gasteiger partial charge in [0.2, 0.25) is 0 Å². The predicted octanol–water partition coefficient (Wildman–Crippen LogP) is 2.03. The lowest BCUT2D eigenvalue weighted by atomic mass is 10.1. The predicted molar refractivity (Wildman–Crippen MR) is 89.5 cm³/mol. The van der Waals surface area contributed by atoms with Crippen molar-refractivity contribution in [3.63, 3.8) is 0 Å². The molecule has 0 bridgehead atoms. The van der Waals surface area contributed by atoms with E-state index >= 15 is 0 Å². The third-order valence-electron chi connectivity index (χ3n) is 3.68. The molecule has 0 spiro atoms. The summed E-state index contributed by atoms with van der Waals surface area (Å²) in [5.74, 6) is -0.381. The van der Waals surface area contributed by atoms with Crippen molar-refractivity contribution in [2.75, 3.05) is 24.5 Å². The van der Waals surface area contributed by atoms with Gasteiger partial charge < -0.3 is 19.8 Å². The molecule has 0 saturated heterocycles. The lowest BCUT2D eigenvalue weighted by Crippen LogP contribution is -2.21. The van der Waals surface area contributed by atoms with Crippen LogP contribution in [0.1, 0.15) is 25.8 Å². The zero-order valence-corrected chi connectivity index (χ0v) is 13.5. The molecule has 1 aromatic carbocycles. The number of esters is 1. The smallest absolute Gasteiger partial charge is 0.336 e. The largest absolute Gasteiger partial charge is 0.461 e. The molecule has 0 radical (unpaired) electrons. The Kier molecular flexibility index (Phi) is 5.76. The molecule has 0 fully saturated rings. The lowest BCUT2D eigenvalue weighted by molar-refractivity contribution is -0.144. The number of fused-ring (bicyclic) bond motifs is 1. The highest BCUT2D eigenvalue weighted by Crippen LogP contribution is 2.24. The van der Waals surface area contributed by atoms with E-state index in [0.29, 0.717) is 11.1 Å². The van der Waals surface area contributed by atoms with Crippen LogP contribution in [0.2, 0.25) is 0 Å². The molecule has 0 aliphatic rings. The molecule has 1 aromatic heterocycles. The number of hydrogen-bond donors (Lipinski definition) is 1. The summed E-state index contributed by atoms with van der Waals surface area (Å²) in [4.78, 5) is 25.4. The Balaban J connectivity index is 2.35. The zero-order chi connectivity index (χ0) is 16.8. The molecule has 1 heterocycles. The monoisotopic (exact) mass is 318 g/mol. The maximum Gasteiger partial charge on any atom is 0.336 e. The molecule has 124 valence electrons. The Hall–Kier alpha value is -2.34. The van der Waals surface area contributed by atoms with E-state index in [1.54, 1.807) is 0 Å². The highest BCUT2D eigenvalue weighted by Gasteiger charge is 2.11. The highest BCUT2D eigenvalue weighted by atomic mass is 16.5. The molecular weight excluding hydrogens is 296 g/mol. The fourth-order valence-corrected chi connectivity index (χ4v) is 2.47. The maximum absolute atomic E-state index is 11.8. The SMILES string of the molecule is CCN(CC)c1ccc2c(COC(=O)CCN)cc(=O)oc2c1. The Morgan fingerprint density at radius 3 is 2.65 bits per heavy atom. The molecule has 0 amide bonds. The first-order valence-corrected chi connectivity index (χ1v) is 7.76. The van der Waals surface area contributed by atoms with E-state index in [2.05, 4.69) is 18.7 Å². The Labute approximate surface area is 134 Å². The molecule has 0 aliphatic heterocycles. The van der Waals surface area contributed by atoms with E-state index in [-0.39, 0.29) is 25.5 Å². The zero-order valence-electron chi connectivity index (χ0n) is 13.5. The number of benzene rings is 1. The van der Waals surface area contributed by atoms with E-state index in [1.165, 1.54) is 6.07 Å². The van der Waals surface area contributed by atoms with Crippen LogP contribution in [-0.2, 0) is 16.1 Å². The molecule has 6 heteroatoms. The fraction of sp³-hybridized carbons (Fsp3) is 0.412. The fourth-order valence-electron chi connectivity index (χ4n) is 2.47. The van der Waals surface area contributed by atoms with Crippen LogP contribution >= 0.6 is 0 Å². The summed E-state index contributed by atoms with van der Waals surface area (Å²) in [5.41, 5.74) is 6.97. The Morgan fingerprint density at radius 1 is 1.26 bits per heavy atom. The first-order valence-electron chi connectivity index (χ1n) is 7.76. The van der Waals surface area contributed by atoms with Crippen molar-refractivity contribution in [3.05, 3.63) is 40.2 Å². The van der Waals surface area contributed by atoms with E-state index in [9.17, 15) is 9.59 Å². The average Bonchev–Trinajstić information content (AvgIpc) is 2.53. The quantitative estimate of drug-likeness (QED) is 0.621. The minimum Gasteiger partial charge on any atom is -0.461 e. The number of ether oxygens (including phenoxy) is 1. The highest BCUT2D eigenvalue weighted by molar-refractivity contribution is 5.83. The van der Waals surface area contributed by atoms with Gasteiger partial charge >= 0.3 is 11.6 Å². The topological polar surface area (TPSA) is 85.8 Å². The van der Waals surface area contributed by atoms with E-state index in [1.807, 2.05) is 18.2 Å². The average molecular weight is 318 g/mol. The molecule has 2 aromatic rings. The van der Waals surface area contributed by atoms with Crippen LogP contribution in [-0.4, -0.2) is 25.6 Å². The van der Waals surface area contributed by atoms with E-state index in [0.717, 1.165) is 24.2 Å². The van der Waals surface area contributed by atoms with Gasteiger partial charge in [0.25, 0.3) is 0 Å². The van der Waals surface area contributed by atoms with E-state index < -0.39 is 5.63 Å². The van der Waals surface area contributed by atoms with Crippen molar-refractivity contribution < 1.29 is 13.9 Å². The van der Waals surface area contributed by atoms with Gasteiger partial charge in [-0.05, 0) is 26.0 Å². The lowest BCUT2D eigenvalue weighted by Gasteiger charge is -2.21. The molecule has 2 N–H and O–H groups in total. The summed E-state index contributed by atoms with van der Waals surface area (Å²) in [6.07, 6.45) is 0.158. The molecule has 0 saturated carbocycles. The first kappa shape index (κ1) is 17.0. The molecule has 0 atom stereocenters. The number of hydrogen-bond acceptors (Lipinski definition) is 6. The van der Waals surface area contributed by atoms with Crippen molar-refractivity contribution in [2.45, 2.75) is 26.9 Å². The molecule has 0 aliphatic carbocycles. The van der Waals surface area contributed by atoms with Gasteiger partial charge in [0.05, 0.1) is 6.42 Å². The first-order chi connectivity index (χ1) is 11.1. The Bertz CT molecular complexity index is 735. The van der Waals surface area contributed by atoms with E-state index in [4.69, 9.17) is 14.9 Å². The van der Waals surface area contributed by atoms with Crippen molar-refractivity contribution in [3.8, 4) is 0 Å².